The van der Waals surface area contributed by atoms with Gasteiger partial charge in [-0.3, -0.25) is 19.0 Å². The number of hydrogen-bond acceptors (Lipinski definition) is 4. The summed E-state index contributed by atoms with van der Waals surface area (Å²) < 4.78 is 3.73. The maximum absolute atomic E-state index is 12.2. The molecule has 23 heavy (non-hydrogen) atoms. The lowest BCUT2D eigenvalue weighted by Crippen LogP contribution is -2.30. The van der Waals surface area contributed by atoms with Crippen LogP contribution in [0.5, 0.6) is 0 Å². The molecule has 0 bridgehead atoms. The van der Waals surface area contributed by atoms with E-state index < -0.39 is 0 Å². The molecule has 0 aromatic carbocycles. The molecule has 0 aliphatic heterocycles. The Labute approximate surface area is 142 Å². The summed E-state index contributed by atoms with van der Waals surface area (Å²) in [6.45, 7) is 4.62. The first-order valence-electron chi connectivity index (χ1n) is 7.14. The van der Waals surface area contributed by atoms with Gasteiger partial charge >= 0.3 is 0 Å². The van der Waals surface area contributed by atoms with Crippen molar-refractivity contribution in [3.8, 4) is 0 Å². The minimum atomic E-state index is -0.286. The number of rotatable bonds is 6. The van der Waals surface area contributed by atoms with E-state index in [9.17, 15) is 9.59 Å². The van der Waals surface area contributed by atoms with Gasteiger partial charge in [0.1, 0.15) is 12.2 Å². The molecule has 2 heterocycles. The fourth-order valence-corrected chi connectivity index (χ4v) is 2.27. The van der Waals surface area contributed by atoms with Gasteiger partial charge in [-0.2, -0.15) is 10.2 Å². The van der Waals surface area contributed by atoms with Gasteiger partial charge in [0.15, 0.2) is 0 Å². The lowest BCUT2D eigenvalue weighted by atomic mass is 10.2. The van der Waals surface area contributed by atoms with Crippen molar-refractivity contribution in [2.75, 3.05) is 11.9 Å². The lowest BCUT2D eigenvalue weighted by Gasteiger charge is -2.10. The van der Waals surface area contributed by atoms with Crippen molar-refractivity contribution in [1.82, 2.24) is 24.9 Å². The fraction of sp³-hybridized carbons (Fsp3) is 0.429. The lowest BCUT2D eigenvalue weighted by molar-refractivity contribution is -0.116. The summed E-state index contributed by atoms with van der Waals surface area (Å²) in [6, 6.07) is 0. The summed E-state index contributed by atoms with van der Waals surface area (Å²) in [5, 5.41) is 13.6. The Morgan fingerprint density at radius 1 is 1.30 bits per heavy atom. The molecule has 0 fully saturated rings. The largest absolute Gasteiger partial charge is 0.350 e. The number of carbonyl (C=O) groups is 2. The first-order valence-corrected chi connectivity index (χ1v) is 7.94. The summed E-state index contributed by atoms with van der Waals surface area (Å²) in [6.07, 6.45) is 4.75. The first kappa shape index (κ1) is 17.2. The quantitative estimate of drug-likeness (QED) is 0.789. The van der Waals surface area contributed by atoms with Gasteiger partial charge < -0.3 is 10.6 Å². The van der Waals surface area contributed by atoms with Gasteiger partial charge in [-0.05, 0) is 21.8 Å². The van der Waals surface area contributed by atoms with Crippen molar-refractivity contribution < 1.29 is 9.59 Å². The topological polar surface area (TPSA) is 93.8 Å². The van der Waals surface area contributed by atoms with Crippen LogP contribution in [0, 0.1) is 5.92 Å². The molecule has 124 valence electrons. The number of aromatic nitrogens is 4. The number of carbonyl (C=O) groups excluding carboxylic acids is 2. The third-order valence-electron chi connectivity index (χ3n) is 3.01. The second-order valence-electron chi connectivity index (χ2n) is 5.54. The standard InChI is InChI=1S/C14H19BrN6O2/c1-9(2)4-16-14(23)13-11(6-17-20(13)3)19-12(22)8-21-7-10(15)5-18-21/h5-7,9H,4,8H2,1-3H3,(H,16,23)(H,19,22). The second-order valence-corrected chi connectivity index (χ2v) is 6.45. The minimum absolute atomic E-state index is 0.0492. The molecule has 2 aromatic heterocycles. The van der Waals surface area contributed by atoms with Crippen LogP contribution in [0.15, 0.2) is 23.1 Å². The van der Waals surface area contributed by atoms with E-state index in [0.717, 1.165) is 4.47 Å². The fourth-order valence-electron chi connectivity index (χ4n) is 1.94. The molecule has 0 aliphatic rings. The third-order valence-corrected chi connectivity index (χ3v) is 3.42. The number of aryl methyl sites for hydroxylation is 1. The average molecular weight is 383 g/mol. The molecule has 0 spiro atoms. The number of nitrogens with one attached hydrogen (secondary N) is 2. The zero-order valence-corrected chi connectivity index (χ0v) is 14.8. The summed E-state index contributed by atoms with van der Waals surface area (Å²) in [5.74, 6) is -0.217. The molecular weight excluding hydrogens is 364 g/mol. The van der Waals surface area contributed by atoms with Crippen LogP contribution in [0.1, 0.15) is 24.3 Å². The van der Waals surface area contributed by atoms with E-state index in [1.165, 1.54) is 15.6 Å². The van der Waals surface area contributed by atoms with Crippen LogP contribution >= 0.6 is 15.9 Å². The van der Waals surface area contributed by atoms with E-state index in [1.54, 1.807) is 19.4 Å². The van der Waals surface area contributed by atoms with Crippen LogP contribution in [-0.2, 0) is 18.4 Å². The predicted octanol–water partition coefficient (Wildman–Crippen LogP) is 1.40. The Kier molecular flexibility index (Phi) is 5.54. The van der Waals surface area contributed by atoms with Gasteiger partial charge in [-0.25, -0.2) is 0 Å². The van der Waals surface area contributed by atoms with Crippen LogP contribution in [0.25, 0.3) is 0 Å². The Balaban J connectivity index is 2.05. The second kappa shape index (κ2) is 7.40. The van der Waals surface area contributed by atoms with E-state index >= 15 is 0 Å². The molecule has 2 aromatic rings. The van der Waals surface area contributed by atoms with Crippen molar-refractivity contribution in [2.45, 2.75) is 20.4 Å². The van der Waals surface area contributed by atoms with Gasteiger partial charge in [-0.1, -0.05) is 13.8 Å². The Hall–Kier alpha value is -2.16. The molecular formula is C14H19BrN6O2. The normalized spacial score (nSPS) is 10.8. The minimum Gasteiger partial charge on any atom is -0.350 e. The smallest absolute Gasteiger partial charge is 0.271 e. The summed E-state index contributed by atoms with van der Waals surface area (Å²) in [5.41, 5.74) is 0.700. The zero-order chi connectivity index (χ0) is 17.0. The number of nitrogens with zero attached hydrogens (tertiary/aromatic N) is 4. The number of hydrogen-bond donors (Lipinski definition) is 2. The average Bonchev–Trinajstić information content (AvgIpc) is 3.02. The summed E-state index contributed by atoms with van der Waals surface area (Å²) >= 11 is 3.27. The van der Waals surface area contributed by atoms with E-state index in [2.05, 4.69) is 36.8 Å². The molecule has 0 radical (unpaired) electrons. The van der Waals surface area contributed by atoms with Crippen molar-refractivity contribution >= 4 is 33.4 Å². The molecule has 2 amide bonds. The van der Waals surface area contributed by atoms with Gasteiger partial charge in [-0.15, -0.1) is 0 Å². The highest BCUT2D eigenvalue weighted by Crippen LogP contribution is 2.14. The molecule has 0 aliphatic carbocycles. The Morgan fingerprint density at radius 2 is 2.04 bits per heavy atom. The predicted molar refractivity (Wildman–Crippen MR) is 88.9 cm³/mol. The van der Waals surface area contributed by atoms with Crippen molar-refractivity contribution in [3.05, 3.63) is 28.8 Å². The highest BCUT2D eigenvalue weighted by atomic mass is 79.9. The van der Waals surface area contributed by atoms with E-state index in [0.29, 0.717) is 23.8 Å². The van der Waals surface area contributed by atoms with E-state index in [4.69, 9.17) is 0 Å². The highest BCUT2D eigenvalue weighted by Gasteiger charge is 2.18. The Bertz CT molecular complexity index is 706. The molecule has 0 saturated heterocycles. The van der Waals surface area contributed by atoms with Gasteiger partial charge in [0.05, 0.1) is 22.6 Å². The maximum Gasteiger partial charge on any atom is 0.271 e. The third kappa shape index (κ3) is 4.65. The van der Waals surface area contributed by atoms with Crippen molar-refractivity contribution in [2.24, 2.45) is 13.0 Å². The van der Waals surface area contributed by atoms with Gasteiger partial charge in [0.2, 0.25) is 5.91 Å². The molecule has 0 unspecified atom stereocenters. The zero-order valence-electron chi connectivity index (χ0n) is 13.2. The van der Waals surface area contributed by atoms with Gasteiger partial charge in [0, 0.05) is 19.8 Å². The van der Waals surface area contributed by atoms with E-state index in [1.807, 2.05) is 13.8 Å². The highest BCUT2D eigenvalue weighted by molar-refractivity contribution is 9.10. The van der Waals surface area contributed by atoms with Crippen LogP contribution < -0.4 is 10.6 Å². The molecule has 2 N–H and O–H groups in total. The molecule has 2 rings (SSSR count). The first-order chi connectivity index (χ1) is 10.9. The van der Waals surface area contributed by atoms with E-state index in [-0.39, 0.29) is 18.4 Å². The van der Waals surface area contributed by atoms with Crippen molar-refractivity contribution in [1.29, 1.82) is 0 Å². The molecule has 9 heteroatoms. The van der Waals surface area contributed by atoms with Crippen LogP contribution in [0.3, 0.4) is 0 Å². The number of amides is 2. The molecule has 0 atom stereocenters. The summed E-state index contributed by atoms with van der Waals surface area (Å²) in [7, 11) is 1.66. The molecule has 8 nitrogen and oxygen atoms in total. The Morgan fingerprint density at radius 3 is 2.65 bits per heavy atom. The van der Waals surface area contributed by atoms with Crippen molar-refractivity contribution in [3.63, 3.8) is 0 Å². The van der Waals surface area contributed by atoms with Crippen LogP contribution in [0.2, 0.25) is 0 Å². The number of anilines is 1. The van der Waals surface area contributed by atoms with Gasteiger partial charge in [0.25, 0.3) is 5.91 Å². The van der Waals surface area contributed by atoms with Crippen LogP contribution in [-0.4, -0.2) is 37.9 Å². The summed E-state index contributed by atoms with van der Waals surface area (Å²) in [4.78, 5) is 24.3. The van der Waals surface area contributed by atoms with Crippen LogP contribution in [0.4, 0.5) is 5.69 Å². The SMILES string of the molecule is CC(C)CNC(=O)c1c(NC(=O)Cn2cc(Br)cn2)cnn1C. The number of halogens is 1. The molecule has 0 saturated carbocycles. The monoisotopic (exact) mass is 382 g/mol. The maximum atomic E-state index is 12.2.